The van der Waals surface area contributed by atoms with E-state index < -0.39 is 0 Å². The number of hydrogen-bond acceptors (Lipinski definition) is 3. The second-order valence-electron chi connectivity index (χ2n) is 3.45. The third-order valence-electron chi connectivity index (χ3n) is 2.39. The van der Waals surface area contributed by atoms with Crippen LogP contribution in [0.4, 0.5) is 0 Å². The van der Waals surface area contributed by atoms with Gasteiger partial charge in [0.25, 0.3) is 0 Å². The molecular weight excluding hydrogens is 305 g/mol. The van der Waals surface area contributed by atoms with Crippen LogP contribution >= 0.6 is 40.2 Å². The summed E-state index contributed by atoms with van der Waals surface area (Å²) in [4.78, 5) is 2.00. The predicted molar refractivity (Wildman–Crippen MR) is 65.3 cm³/mol. The van der Waals surface area contributed by atoms with Gasteiger partial charge in [-0.05, 0) is 18.2 Å². The Kier molecular flexibility index (Phi) is 3.76. The Morgan fingerprint density at radius 1 is 1.00 bits per heavy atom. The normalized spacial score (nSPS) is 14.9. The van der Waals surface area contributed by atoms with Crippen LogP contribution < -0.4 is 0 Å². The maximum Gasteiger partial charge on any atom is 0.178 e. The molecule has 0 bridgehead atoms. The number of halogens is 3. The quantitative estimate of drug-likeness (QED) is 0.724. The van der Waals surface area contributed by atoms with Gasteiger partial charge in [-0.15, -0.1) is 17.0 Å². The summed E-state index contributed by atoms with van der Waals surface area (Å²) in [6, 6.07) is 0. The minimum Gasteiger partial charge on any atom is -0.503 e. The second kappa shape index (κ2) is 4.37. The molecule has 0 aromatic heterocycles. The fraction of sp³-hybridized carbons (Fsp3) is 0.333. The number of rotatable bonds is 0. The lowest BCUT2D eigenvalue weighted by molar-refractivity contribution is 0.353. The first-order valence-electron chi connectivity index (χ1n) is 4.11. The maximum atomic E-state index is 9.45. The van der Waals surface area contributed by atoms with Crippen LogP contribution in [0.1, 0.15) is 11.1 Å². The summed E-state index contributed by atoms with van der Waals surface area (Å²) in [6.07, 6.45) is 0. The molecule has 0 saturated carbocycles. The molecule has 2 rings (SSSR count). The number of phenols is 2. The van der Waals surface area contributed by atoms with Crippen molar-refractivity contribution in [2.24, 2.45) is 0 Å². The second-order valence-corrected chi connectivity index (χ2v) is 4.21. The number of aromatic hydroxyl groups is 2. The molecular formula is C9H10BrCl2NO2. The van der Waals surface area contributed by atoms with Gasteiger partial charge >= 0.3 is 0 Å². The summed E-state index contributed by atoms with van der Waals surface area (Å²) in [5.41, 5.74) is 1.60. The van der Waals surface area contributed by atoms with E-state index in [0.717, 1.165) is 11.1 Å². The average molecular weight is 315 g/mol. The van der Waals surface area contributed by atoms with Gasteiger partial charge in [0.05, 0.1) is 10.0 Å². The highest BCUT2D eigenvalue weighted by Gasteiger charge is 2.27. The molecule has 6 heteroatoms. The Morgan fingerprint density at radius 3 is 1.67 bits per heavy atom. The third kappa shape index (κ3) is 1.91. The summed E-state index contributed by atoms with van der Waals surface area (Å²) in [5, 5.41) is 19.3. The van der Waals surface area contributed by atoms with Crippen molar-refractivity contribution >= 4 is 40.2 Å². The van der Waals surface area contributed by atoms with Gasteiger partial charge in [-0.25, -0.2) is 0 Å². The van der Waals surface area contributed by atoms with E-state index in [9.17, 15) is 10.2 Å². The molecule has 1 aromatic rings. The molecule has 0 fully saturated rings. The molecule has 1 heterocycles. The number of nitrogens with zero attached hydrogens (tertiary/aromatic N) is 1. The van der Waals surface area contributed by atoms with Crippen LogP contribution in [0.2, 0.25) is 10.0 Å². The van der Waals surface area contributed by atoms with E-state index in [-0.39, 0.29) is 38.5 Å². The van der Waals surface area contributed by atoms with Crippen LogP contribution in [0, 0.1) is 0 Å². The summed E-state index contributed by atoms with van der Waals surface area (Å²) in [6.45, 7) is 1.28. The molecule has 15 heavy (non-hydrogen) atoms. The monoisotopic (exact) mass is 313 g/mol. The van der Waals surface area contributed by atoms with Gasteiger partial charge in [0.1, 0.15) is 0 Å². The van der Waals surface area contributed by atoms with E-state index in [1.807, 2.05) is 11.9 Å². The smallest absolute Gasteiger partial charge is 0.178 e. The molecule has 1 aliphatic rings. The van der Waals surface area contributed by atoms with Gasteiger partial charge < -0.3 is 10.2 Å². The number of benzene rings is 1. The first-order chi connectivity index (χ1) is 6.52. The maximum absolute atomic E-state index is 9.45. The van der Waals surface area contributed by atoms with Crippen LogP contribution in [0.15, 0.2) is 0 Å². The summed E-state index contributed by atoms with van der Waals surface area (Å²) in [5.74, 6) is -0.656. The molecule has 0 amide bonds. The highest BCUT2D eigenvalue weighted by Crippen LogP contribution is 2.46. The van der Waals surface area contributed by atoms with Crippen molar-refractivity contribution in [1.29, 1.82) is 0 Å². The fourth-order valence-electron chi connectivity index (χ4n) is 1.68. The largest absolute Gasteiger partial charge is 0.503 e. The summed E-state index contributed by atoms with van der Waals surface area (Å²) in [7, 11) is 1.92. The van der Waals surface area contributed by atoms with Crippen LogP contribution in [-0.4, -0.2) is 22.2 Å². The lowest BCUT2D eigenvalue weighted by atomic mass is 10.1. The fourth-order valence-corrected chi connectivity index (χ4v) is 2.21. The molecule has 0 spiro atoms. The number of phenolic OH excluding ortho intramolecular Hbond substituents is 2. The summed E-state index contributed by atoms with van der Waals surface area (Å²) < 4.78 is 0. The molecule has 0 radical (unpaired) electrons. The first kappa shape index (κ1) is 12.9. The zero-order valence-electron chi connectivity index (χ0n) is 7.92. The van der Waals surface area contributed by atoms with Crippen LogP contribution in [0.3, 0.4) is 0 Å². The molecule has 84 valence electrons. The molecule has 3 nitrogen and oxygen atoms in total. The minimum atomic E-state index is -0.328. The molecule has 1 aliphatic heterocycles. The van der Waals surface area contributed by atoms with Gasteiger partial charge in [0, 0.05) is 13.1 Å². The van der Waals surface area contributed by atoms with E-state index in [2.05, 4.69) is 0 Å². The van der Waals surface area contributed by atoms with Gasteiger partial charge in [-0.2, -0.15) is 0 Å². The van der Waals surface area contributed by atoms with Crippen molar-refractivity contribution in [2.75, 3.05) is 7.05 Å². The molecule has 0 aliphatic carbocycles. The zero-order chi connectivity index (χ0) is 10.5. The van der Waals surface area contributed by atoms with E-state index in [0.29, 0.717) is 13.1 Å². The van der Waals surface area contributed by atoms with Crippen molar-refractivity contribution in [1.82, 2.24) is 4.90 Å². The predicted octanol–water partition coefficient (Wildman–Crippen LogP) is 2.93. The van der Waals surface area contributed by atoms with E-state index in [1.54, 1.807) is 0 Å². The minimum absolute atomic E-state index is 0. The van der Waals surface area contributed by atoms with Crippen molar-refractivity contribution in [3.63, 3.8) is 0 Å². The highest BCUT2D eigenvalue weighted by atomic mass is 79.9. The van der Waals surface area contributed by atoms with Crippen molar-refractivity contribution < 1.29 is 10.2 Å². The van der Waals surface area contributed by atoms with Crippen LogP contribution in [0.25, 0.3) is 0 Å². The highest BCUT2D eigenvalue weighted by molar-refractivity contribution is 8.93. The Morgan fingerprint density at radius 2 is 1.33 bits per heavy atom. The van der Waals surface area contributed by atoms with E-state index >= 15 is 0 Å². The van der Waals surface area contributed by atoms with Gasteiger partial charge in [-0.1, -0.05) is 23.2 Å². The van der Waals surface area contributed by atoms with Crippen molar-refractivity contribution in [3.8, 4) is 11.5 Å². The Balaban J connectivity index is 0.00000112. The lowest BCUT2D eigenvalue weighted by Gasteiger charge is -2.08. The zero-order valence-corrected chi connectivity index (χ0v) is 11.1. The van der Waals surface area contributed by atoms with Crippen LogP contribution in [-0.2, 0) is 13.1 Å². The van der Waals surface area contributed by atoms with Crippen molar-refractivity contribution in [3.05, 3.63) is 21.2 Å². The molecule has 1 aromatic carbocycles. The third-order valence-corrected chi connectivity index (χ3v) is 3.20. The van der Waals surface area contributed by atoms with Gasteiger partial charge in [-0.3, -0.25) is 4.90 Å². The molecule has 0 saturated heterocycles. The topological polar surface area (TPSA) is 43.7 Å². The first-order valence-corrected chi connectivity index (χ1v) is 4.87. The Labute approximate surface area is 108 Å². The number of hydrogen-bond donors (Lipinski definition) is 2. The number of fused-ring (bicyclic) bond motifs is 1. The molecule has 0 atom stereocenters. The Hall–Kier alpha value is -0.160. The Bertz CT molecular complexity index is 375. The average Bonchev–Trinajstić information content (AvgIpc) is 2.54. The standard InChI is InChI=1S/C9H9Cl2NO2.BrH/c1-12-2-4-5(3-12)7(11)9(14)8(13)6(4)10;/h13-14H,2-3H2,1H3;1H. The SMILES string of the molecule is Br.CN1Cc2c(Cl)c(O)c(O)c(Cl)c2C1. The summed E-state index contributed by atoms with van der Waals surface area (Å²) >= 11 is 11.8. The van der Waals surface area contributed by atoms with Gasteiger partial charge in [0.2, 0.25) is 0 Å². The van der Waals surface area contributed by atoms with Crippen LogP contribution in [0.5, 0.6) is 11.5 Å². The van der Waals surface area contributed by atoms with Crippen molar-refractivity contribution in [2.45, 2.75) is 13.1 Å². The molecule has 0 unspecified atom stereocenters. The van der Waals surface area contributed by atoms with Gasteiger partial charge in [0.15, 0.2) is 11.5 Å². The molecule has 2 N–H and O–H groups in total. The lowest BCUT2D eigenvalue weighted by Crippen LogP contribution is -2.07. The van der Waals surface area contributed by atoms with E-state index in [1.165, 1.54) is 0 Å². The van der Waals surface area contributed by atoms with E-state index in [4.69, 9.17) is 23.2 Å².